The number of rotatable bonds is 4. The number of aromatic nitrogens is 3. The van der Waals surface area contributed by atoms with Crippen LogP contribution >= 0.6 is 0 Å². The van der Waals surface area contributed by atoms with E-state index in [1.54, 1.807) is 11.8 Å². The molecule has 1 N–H and O–H groups in total. The van der Waals surface area contributed by atoms with E-state index in [2.05, 4.69) is 27.5 Å². The normalized spacial score (nSPS) is 20.8. The molecule has 0 spiro atoms. The highest BCUT2D eigenvalue weighted by Crippen LogP contribution is 2.39. The Balaban J connectivity index is 1.57. The van der Waals surface area contributed by atoms with E-state index in [1.807, 2.05) is 42.5 Å². The van der Waals surface area contributed by atoms with Crippen LogP contribution in [-0.4, -0.2) is 33.7 Å². The first-order valence-electron chi connectivity index (χ1n) is 9.92. The van der Waals surface area contributed by atoms with Gasteiger partial charge in [-0.1, -0.05) is 42.5 Å². The molecule has 3 aromatic rings. The molecule has 152 valence electrons. The maximum absolute atomic E-state index is 12.2. The van der Waals surface area contributed by atoms with Gasteiger partial charge in [-0.3, -0.25) is 9.59 Å². The molecular formula is C22H21N5O3. The van der Waals surface area contributed by atoms with Crippen LogP contribution in [0.5, 0.6) is 5.75 Å². The molecule has 8 nitrogen and oxygen atoms in total. The second-order valence-electron chi connectivity index (χ2n) is 7.44. The SMILES string of the molecule is COc1ccc(C2CC(c3ccccc3)Nc3nc(N4C(=O)CCC4=O)nn32)cc1. The van der Waals surface area contributed by atoms with Crippen LogP contribution in [0.3, 0.4) is 0 Å². The molecule has 2 unspecified atom stereocenters. The summed E-state index contributed by atoms with van der Waals surface area (Å²) in [5.74, 6) is 0.933. The summed E-state index contributed by atoms with van der Waals surface area (Å²) in [7, 11) is 1.64. The number of methoxy groups -OCH3 is 1. The second kappa shape index (κ2) is 7.29. The number of benzene rings is 2. The summed E-state index contributed by atoms with van der Waals surface area (Å²) in [4.78, 5) is 30.0. The standard InChI is InChI=1S/C22H21N5O3/c1-30-16-9-7-15(8-10-16)18-13-17(14-5-3-2-4-6-14)23-21-24-22(25-27(18)21)26-19(28)11-12-20(26)29/h2-10,17-18H,11-13H2,1H3,(H,23,24,25). The fourth-order valence-electron chi connectivity index (χ4n) is 4.07. The molecule has 2 amide bonds. The lowest BCUT2D eigenvalue weighted by atomic mass is 9.93. The summed E-state index contributed by atoms with van der Waals surface area (Å²) in [6, 6.07) is 17.9. The van der Waals surface area contributed by atoms with Crippen molar-refractivity contribution in [3.63, 3.8) is 0 Å². The van der Waals surface area contributed by atoms with E-state index in [0.29, 0.717) is 5.95 Å². The Kier molecular flexibility index (Phi) is 4.46. The fourth-order valence-corrected chi connectivity index (χ4v) is 4.07. The average molecular weight is 403 g/mol. The summed E-state index contributed by atoms with van der Waals surface area (Å²) in [5, 5.41) is 7.98. The van der Waals surface area contributed by atoms with Crippen LogP contribution < -0.4 is 15.0 Å². The molecule has 30 heavy (non-hydrogen) atoms. The highest BCUT2D eigenvalue weighted by atomic mass is 16.5. The monoisotopic (exact) mass is 403 g/mol. The molecule has 5 rings (SSSR count). The smallest absolute Gasteiger partial charge is 0.260 e. The molecule has 0 bridgehead atoms. The second-order valence-corrected chi connectivity index (χ2v) is 7.44. The molecule has 1 fully saturated rings. The van der Waals surface area contributed by atoms with Crippen molar-refractivity contribution < 1.29 is 14.3 Å². The Morgan fingerprint density at radius 1 is 0.967 bits per heavy atom. The highest BCUT2D eigenvalue weighted by molar-refractivity contribution is 6.18. The molecule has 8 heteroatoms. The largest absolute Gasteiger partial charge is 0.497 e. The first-order chi connectivity index (χ1) is 14.6. The third kappa shape index (κ3) is 3.10. The van der Waals surface area contributed by atoms with E-state index in [4.69, 9.17) is 4.74 Å². The van der Waals surface area contributed by atoms with Crippen molar-refractivity contribution in [2.45, 2.75) is 31.3 Å². The Bertz CT molecular complexity index is 1080. The number of nitrogens with one attached hydrogen (secondary N) is 1. The zero-order valence-electron chi connectivity index (χ0n) is 16.5. The average Bonchev–Trinajstić information content (AvgIpc) is 3.35. The Hall–Kier alpha value is -3.68. The number of hydrogen-bond donors (Lipinski definition) is 1. The van der Waals surface area contributed by atoms with E-state index < -0.39 is 0 Å². The third-order valence-corrected chi connectivity index (χ3v) is 5.63. The molecule has 1 aromatic heterocycles. The molecular weight excluding hydrogens is 382 g/mol. The first-order valence-corrected chi connectivity index (χ1v) is 9.92. The van der Waals surface area contributed by atoms with Gasteiger partial charge in [0.1, 0.15) is 5.75 Å². The van der Waals surface area contributed by atoms with Gasteiger partial charge in [0.05, 0.1) is 19.2 Å². The van der Waals surface area contributed by atoms with Crippen LogP contribution in [0, 0.1) is 0 Å². The molecule has 2 atom stereocenters. The fraction of sp³-hybridized carbons (Fsp3) is 0.273. The van der Waals surface area contributed by atoms with E-state index in [9.17, 15) is 9.59 Å². The van der Waals surface area contributed by atoms with Gasteiger partial charge in [0.25, 0.3) is 5.95 Å². The number of anilines is 2. The van der Waals surface area contributed by atoms with Crippen molar-refractivity contribution in [3.8, 4) is 5.75 Å². The maximum atomic E-state index is 12.2. The summed E-state index contributed by atoms with van der Waals surface area (Å²) >= 11 is 0. The van der Waals surface area contributed by atoms with Crippen LogP contribution in [0.1, 0.15) is 42.5 Å². The lowest BCUT2D eigenvalue weighted by molar-refractivity contribution is -0.121. The zero-order valence-corrected chi connectivity index (χ0v) is 16.5. The van der Waals surface area contributed by atoms with Crippen molar-refractivity contribution in [2.24, 2.45) is 0 Å². The van der Waals surface area contributed by atoms with E-state index in [-0.39, 0.29) is 42.7 Å². The van der Waals surface area contributed by atoms with Gasteiger partial charge >= 0.3 is 0 Å². The lowest BCUT2D eigenvalue weighted by Crippen LogP contribution is -2.30. The van der Waals surface area contributed by atoms with Gasteiger partial charge in [-0.15, -0.1) is 5.10 Å². The molecule has 0 aliphatic carbocycles. The van der Waals surface area contributed by atoms with E-state index in [0.717, 1.165) is 28.2 Å². The van der Waals surface area contributed by atoms with Crippen molar-refractivity contribution in [3.05, 3.63) is 65.7 Å². The number of nitrogens with zero attached hydrogens (tertiary/aromatic N) is 4. The van der Waals surface area contributed by atoms with Gasteiger partial charge in [-0.25, -0.2) is 9.58 Å². The highest BCUT2D eigenvalue weighted by Gasteiger charge is 2.37. The summed E-state index contributed by atoms with van der Waals surface area (Å²) in [6.45, 7) is 0. The molecule has 3 heterocycles. The van der Waals surface area contributed by atoms with Crippen molar-refractivity contribution in [1.29, 1.82) is 0 Å². The number of hydrogen-bond acceptors (Lipinski definition) is 6. The Morgan fingerprint density at radius 3 is 2.33 bits per heavy atom. The molecule has 0 saturated carbocycles. The number of fused-ring (bicyclic) bond motifs is 1. The topological polar surface area (TPSA) is 89.3 Å². The van der Waals surface area contributed by atoms with Gasteiger partial charge in [0.15, 0.2) is 0 Å². The first kappa shape index (κ1) is 18.4. The van der Waals surface area contributed by atoms with Crippen molar-refractivity contribution in [1.82, 2.24) is 14.8 Å². The molecule has 1 saturated heterocycles. The van der Waals surface area contributed by atoms with Crippen LogP contribution in [0.4, 0.5) is 11.9 Å². The quantitative estimate of drug-likeness (QED) is 0.674. The minimum Gasteiger partial charge on any atom is -0.497 e. The number of ether oxygens (including phenoxy) is 1. The third-order valence-electron chi connectivity index (χ3n) is 5.63. The summed E-state index contributed by atoms with van der Waals surface area (Å²) in [6.07, 6.45) is 1.14. The van der Waals surface area contributed by atoms with Gasteiger partial charge < -0.3 is 10.1 Å². The van der Waals surface area contributed by atoms with Crippen LogP contribution in [0.25, 0.3) is 0 Å². The van der Waals surface area contributed by atoms with Crippen LogP contribution in [-0.2, 0) is 9.59 Å². The van der Waals surface area contributed by atoms with Crippen molar-refractivity contribution >= 4 is 23.7 Å². The minimum atomic E-state index is -0.261. The molecule has 2 aliphatic heterocycles. The Morgan fingerprint density at radius 2 is 1.67 bits per heavy atom. The van der Waals surface area contributed by atoms with E-state index >= 15 is 0 Å². The molecule has 2 aromatic carbocycles. The predicted molar refractivity (Wildman–Crippen MR) is 110 cm³/mol. The summed E-state index contributed by atoms with van der Waals surface area (Å²) < 4.78 is 7.06. The van der Waals surface area contributed by atoms with Crippen LogP contribution in [0.15, 0.2) is 54.6 Å². The number of amides is 2. The molecule has 2 aliphatic rings. The molecule has 0 radical (unpaired) electrons. The van der Waals surface area contributed by atoms with E-state index in [1.165, 1.54) is 0 Å². The van der Waals surface area contributed by atoms with Gasteiger partial charge in [0.2, 0.25) is 17.8 Å². The number of carbonyl (C=O) groups excluding carboxylic acids is 2. The lowest BCUT2D eigenvalue weighted by Gasteiger charge is -2.31. The number of carbonyl (C=O) groups is 2. The maximum Gasteiger partial charge on any atom is 0.260 e. The Labute approximate surface area is 173 Å². The van der Waals surface area contributed by atoms with Gasteiger partial charge in [-0.2, -0.15) is 4.98 Å². The summed E-state index contributed by atoms with van der Waals surface area (Å²) in [5.41, 5.74) is 2.19. The van der Waals surface area contributed by atoms with Gasteiger partial charge in [-0.05, 0) is 29.7 Å². The van der Waals surface area contributed by atoms with Crippen molar-refractivity contribution in [2.75, 3.05) is 17.3 Å². The predicted octanol–water partition coefficient (Wildman–Crippen LogP) is 3.09. The number of imide groups is 1. The van der Waals surface area contributed by atoms with Gasteiger partial charge in [0, 0.05) is 12.8 Å². The minimum absolute atomic E-state index is 0.0211. The zero-order chi connectivity index (χ0) is 20.7. The van der Waals surface area contributed by atoms with Crippen LogP contribution in [0.2, 0.25) is 0 Å².